The smallest absolute Gasteiger partial charge is 0.293 e. The average Bonchev–Trinajstić information content (AvgIpc) is 3.03. The van der Waals surface area contributed by atoms with Crippen LogP contribution in [0.25, 0.3) is 0 Å². The molecule has 4 aliphatic carbocycles. The number of allylic oxidation sites excluding steroid dienone is 2. The highest BCUT2D eigenvalue weighted by Crippen LogP contribution is 2.68. The Balaban J connectivity index is 1.54. The Morgan fingerprint density at radius 1 is 1.06 bits per heavy atom. The van der Waals surface area contributed by atoms with Gasteiger partial charge in [0.15, 0.2) is 0 Å². The predicted octanol–water partition coefficient (Wildman–Crippen LogP) is 8.10. The standard InChI is InChI=1S/C27H43F2NO/c1-17(2)7-6-8-18(3)21-11-12-22-20-10-9-19-15-24(30-31)27(28,29)16-26(19,5)23(20)13-14-25(21,22)4/h15,17-18,20-23,31H,6-14,16H2,1-5H3/b30-24+/t18-,20+,21-,22+,23+,25-,26+/m1/s1. The van der Waals surface area contributed by atoms with Crippen LogP contribution in [0.5, 0.6) is 0 Å². The predicted molar refractivity (Wildman–Crippen MR) is 123 cm³/mol. The second-order valence-electron chi connectivity index (χ2n) is 12.4. The van der Waals surface area contributed by atoms with Gasteiger partial charge in [-0.25, -0.2) is 0 Å². The highest BCUT2D eigenvalue weighted by molar-refractivity contribution is 6.01. The van der Waals surface area contributed by atoms with Crippen molar-refractivity contribution in [3.8, 4) is 0 Å². The van der Waals surface area contributed by atoms with Crippen molar-refractivity contribution in [1.29, 1.82) is 0 Å². The van der Waals surface area contributed by atoms with E-state index in [4.69, 9.17) is 5.21 Å². The zero-order valence-electron chi connectivity index (χ0n) is 20.3. The molecule has 4 rings (SSSR count). The first-order chi connectivity index (χ1) is 14.5. The van der Waals surface area contributed by atoms with Crippen molar-refractivity contribution in [2.75, 3.05) is 0 Å². The molecule has 0 radical (unpaired) electrons. The first kappa shape index (κ1) is 23.2. The van der Waals surface area contributed by atoms with E-state index in [-0.39, 0.29) is 6.42 Å². The van der Waals surface area contributed by atoms with Gasteiger partial charge in [-0.2, -0.15) is 8.78 Å². The minimum atomic E-state index is -3.03. The number of alkyl halides is 2. The maximum absolute atomic E-state index is 14.8. The van der Waals surface area contributed by atoms with Crippen LogP contribution in [0, 0.1) is 46.3 Å². The van der Waals surface area contributed by atoms with E-state index in [2.05, 4.69) is 39.8 Å². The summed E-state index contributed by atoms with van der Waals surface area (Å²) in [6.07, 6.45) is 12.2. The van der Waals surface area contributed by atoms with Gasteiger partial charge in [0.2, 0.25) is 0 Å². The molecule has 0 aromatic carbocycles. The fraction of sp³-hybridized carbons (Fsp3) is 0.889. The molecular weight excluding hydrogens is 392 g/mol. The van der Waals surface area contributed by atoms with E-state index in [0.29, 0.717) is 23.2 Å². The Morgan fingerprint density at radius 2 is 1.81 bits per heavy atom. The normalized spacial score (nSPS) is 43.9. The minimum Gasteiger partial charge on any atom is -0.410 e. The fourth-order valence-electron chi connectivity index (χ4n) is 8.76. The van der Waals surface area contributed by atoms with Crippen molar-refractivity contribution in [2.45, 2.75) is 105 Å². The summed E-state index contributed by atoms with van der Waals surface area (Å²) in [5.74, 6) is 0.898. The summed E-state index contributed by atoms with van der Waals surface area (Å²) in [5.41, 5.74) is 0.594. The molecule has 0 spiro atoms. The molecule has 0 unspecified atom stereocenters. The number of hydrogen-bond acceptors (Lipinski definition) is 2. The monoisotopic (exact) mass is 435 g/mol. The van der Waals surface area contributed by atoms with Gasteiger partial charge in [0.25, 0.3) is 5.92 Å². The minimum absolute atomic E-state index is 0.190. The Labute approximate surface area is 187 Å². The van der Waals surface area contributed by atoms with E-state index in [1.54, 1.807) is 0 Å². The van der Waals surface area contributed by atoms with Gasteiger partial charge in [-0.3, -0.25) is 0 Å². The Hall–Kier alpha value is -0.930. The lowest BCUT2D eigenvalue weighted by Crippen LogP contribution is -2.53. The summed E-state index contributed by atoms with van der Waals surface area (Å²) in [6, 6.07) is 0. The molecule has 3 saturated carbocycles. The summed E-state index contributed by atoms with van der Waals surface area (Å²) in [6.45, 7) is 11.7. The van der Waals surface area contributed by atoms with Crippen molar-refractivity contribution in [1.82, 2.24) is 0 Å². The number of hydrogen-bond donors (Lipinski definition) is 1. The summed E-state index contributed by atoms with van der Waals surface area (Å²) in [4.78, 5) is 0. The second kappa shape index (κ2) is 8.13. The van der Waals surface area contributed by atoms with E-state index >= 15 is 0 Å². The number of nitrogens with zero attached hydrogens (tertiary/aromatic N) is 1. The quantitative estimate of drug-likeness (QED) is 0.343. The van der Waals surface area contributed by atoms with Crippen LogP contribution in [-0.4, -0.2) is 16.8 Å². The third-order valence-corrected chi connectivity index (χ3v) is 10.3. The van der Waals surface area contributed by atoms with E-state index in [0.717, 1.165) is 42.6 Å². The highest BCUT2D eigenvalue weighted by Gasteiger charge is 2.62. The molecule has 176 valence electrons. The topological polar surface area (TPSA) is 32.6 Å². The Kier molecular flexibility index (Phi) is 6.10. The SMILES string of the molecule is CC(C)CCC[C@@H](C)[C@H]1CC[C@H]2[C@@H]3CCC4=C/C(=N\O)C(F)(F)C[C@]4(C)[C@H]3CC[C@]12C. The molecule has 0 aromatic rings. The van der Waals surface area contributed by atoms with Crippen molar-refractivity contribution >= 4 is 5.71 Å². The van der Waals surface area contributed by atoms with Crippen LogP contribution < -0.4 is 0 Å². The van der Waals surface area contributed by atoms with E-state index in [9.17, 15) is 8.78 Å². The molecule has 0 amide bonds. The van der Waals surface area contributed by atoms with Crippen LogP contribution >= 0.6 is 0 Å². The zero-order valence-corrected chi connectivity index (χ0v) is 20.3. The van der Waals surface area contributed by atoms with Gasteiger partial charge in [-0.1, -0.05) is 64.6 Å². The molecule has 7 atom stereocenters. The molecule has 0 aromatic heterocycles. The molecule has 31 heavy (non-hydrogen) atoms. The summed E-state index contributed by atoms with van der Waals surface area (Å²) >= 11 is 0. The third kappa shape index (κ3) is 3.78. The molecule has 3 fully saturated rings. The van der Waals surface area contributed by atoms with Crippen LogP contribution in [0.15, 0.2) is 16.8 Å². The summed E-state index contributed by atoms with van der Waals surface area (Å²) in [7, 11) is 0. The van der Waals surface area contributed by atoms with E-state index in [1.807, 2.05) is 0 Å². The lowest BCUT2D eigenvalue weighted by Gasteiger charge is -2.59. The van der Waals surface area contributed by atoms with Gasteiger partial charge in [0.05, 0.1) is 0 Å². The summed E-state index contributed by atoms with van der Waals surface area (Å²) in [5, 5.41) is 12.1. The number of rotatable bonds is 5. The third-order valence-electron chi connectivity index (χ3n) is 10.3. The number of halogens is 2. The average molecular weight is 436 g/mol. The lowest BCUT2D eigenvalue weighted by molar-refractivity contribution is -0.0823. The molecule has 0 bridgehead atoms. The zero-order chi connectivity index (χ0) is 22.6. The molecule has 4 heteroatoms. The fourth-order valence-corrected chi connectivity index (χ4v) is 8.76. The van der Waals surface area contributed by atoms with Crippen LogP contribution in [0.4, 0.5) is 8.78 Å². The maximum atomic E-state index is 14.8. The van der Waals surface area contributed by atoms with E-state index in [1.165, 1.54) is 44.6 Å². The lowest BCUT2D eigenvalue weighted by atomic mass is 9.46. The van der Waals surface area contributed by atoms with Gasteiger partial charge < -0.3 is 5.21 Å². The van der Waals surface area contributed by atoms with Crippen molar-refractivity contribution < 1.29 is 14.0 Å². The number of fused-ring (bicyclic) bond motifs is 5. The van der Waals surface area contributed by atoms with Crippen LogP contribution in [0.1, 0.15) is 98.8 Å². The van der Waals surface area contributed by atoms with Crippen LogP contribution in [-0.2, 0) is 0 Å². The molecule has 4 aliphatic rings. The second-order valence-corrected chi connectivity index (χ2v) is 12.4. The molecular formula is C27H43F2NO. The first-order valence-corrected chi connectivity index (χ1v) is 12.8. The van der Waals surface area contributed by atoms with Gasteiger partial charge >= 0.3 is 0 Å². The van der Waals surface area contributed by atoms with Gasteiger partial charge in [0, 0.05) is 6.42 Å². The van der Waals surface area contributed by atoms with Crippen LogP contribution in [0.3, 0.4) is 0 Å². The molecule has 0 saturated heterocycles. The number of oxime groups is 1. The van der Waals surface area contributed by atoms with Crippen molar-refractivity contribution in [3.63, 3.8) is 0 Å². The van der Waals surface area contributed by atoms with Gasteiger partial charge in [0.1, 0.15) is 5.71 Å². The first-order valence-electron chi connectivity index (χ1n) is 12.8. The molecule has 0 heterocycles. The highest BCUT2D eigenvalue weighted by atomic mass is 19.3. The van der Waals surface area contributed by atoms with Gasteiger partial charge in [-0.05, 0) is 90.9 Å². The van der Waals surface area contributed by atoms with E-state index < -0.39 is 17.0 Å². The van der Waals surface area contributed by atoms with Gasteiger partial charge in [-0.15, -0.1) is 0 Å². The Morgan fingerprint density at radius 3 is 2.48 bits per heavy atom. The largest absolute Gasteiger partial charge is 0.410 e. The summed E-state index contributed by atoms with van der Waals surface area (Å²) < 4.78 is 29.6. The molecule has 0 aliphatic heterocycles. The van der Waals surface area contributed by atoms with Crippen molar-refractivity contribution in [3.05, 3.63) is 11.6 Å². The van der Waals surface area contributed by atoms with Crippen molar-refractivity contribution in [2.24, 2.45) is 51.5 Å². The van der Waals surface area contributed by atoms with Crippen LogP contribution in [0.2, 0.25) is 0 Å². The maximum Gasteiger partial charge on any atom is 0.293 e. The molecule has 2 nitrogen and oxygen atoms in total. The Bertz CT molecular complexity index is 744. The molecule has 1 N–H and O–H groups in total.